The van der Waals surface area contributed by atoms with Crippen LogP contribution in [0, 0.1) is 0 Å². The molecular formula is C15H21BrF3N. The predicted octanol–water partition coefficient (Wildman–Crippen LogP) is 5.70. The molecule has 1 aromatic rings. The average molecular weight is 352 g/mol. The number of unbranched alkanes of at least 4 members (excludes halogenated alkanes) is 1. The van der Waals surface area contributed by atoms with Crippen LogP contribution in [-0.4, -0.2) is 6.54 Å². The highest BCUT2D eigenvalue weighted by molar-refractivity contribution is 9.10. The number of rotatable bonds is 7. The van der Waals surface area contributed by atoms with Crippen LogP contribution in [0.3, 0.4) is 0 Å². The molecule has 5 heteroatoms. The molecular weight excluding hydrogens is 331 g/mol. The minimum Gasteiger partial charge on any atom is -0.310 e. The highest BCUT2D eigenvalue weighted by Gasteiger charge is 2.31. The summed E-state index contributed by atoms with van der Waals surface area (Å²) >= 11 is 3.37. The molecule has 0 bridgehead atoms. The van der Waals surface area contributed by atoms with Gasteiger partial charge in [-0.15, -0.1) is 0 Å². The molecule has 1 aromatic carbocycles. The Labute approximate surface area is 127 Å². The minimum atomic E-state index is -4.30. The van der Waals surface area contributed by atoms with Crippen molar-refractivity contribution in [3.63, 3.8) is 0 Å². The molecule has 114 valence electrons. The fraction of sp³-hybridized carbons (Fsp3) is 0.600. The molecule has 0 saturated heterocycles. The SMILES string of the molecule is CCCCC(NCCC)c1cc(C(F)(F)F)ccc1Br. The monoisotopic (exact) mass is 351 g/mol. The zero-order chi connectivity index (χ0) is 15.2. The van der Waals surface area contributed by atoms with E-state index in [-0.39, 0.29) is 6.04 Å². The molecule has 0 saturated carbocycles. The summed E-state index contributed by atoms with van der Waals surface area (Å²) in [5.41, 5.74) is 0.109. The van der Waals surface area contributed by atoms with Crippen LogP contribution in [-0.2, 0) is 6.18 Å². The molecule has 0 heterocycles. The number of hydrogen-bond donors (Lipinski definition) is 1. The number of hydrogen-bond acceptors (Lipinski definition) is 1. The van der Waals surface area contributed by atoms with Crippen LogP contribution in [0.2, 0.25) is 0 Å². The highest BCUT2D eigenvalue weighted by Crippen LogP contribution is 2.35. The van der Waals surface area contributed by atoms with Gasteiger partial charge in [0.05, 0.1) is 5.56 Å². The predicted molar refractivity (Wildman–Crippen MR) is 79.7 cm³/mol. The van der Waals surface area contributed by atoms with Crippen molar-refractivity contribution in [1.29, 1.82) is 0 Å². The van der Waals surface area contributed by atoms with Crippen molar-refractivity contribution in [2.45, 2.75) is 51.7 Å². The van der Waals surface area contributed by atoms with Crippen LogP contribution in [0.25, 0.3) is 0 Å². The Kier molecular flexibility index (Phi) is 7.03. The first-order valence-electron chi connectivity index (χ1n) is 7.00. The van der Waals surface area contributed by atoms with Crippen molar-refractivity contribution in [3.8, 4) is 0 Å². The quantitative estimate of drug-likeness (QED) is 0.664. The summed E-state index contributed by atoms with van der Waals surface area (Å²) in [6.45, 7) is 4.93. The fourth-order valence-corrected chi connectivity index (χ4v) is 2.60. The van der Waals surface area contributed by atoms with Crippen molar-refractivity contribution in [1.82, 2.24) is 5.32 Å². The van der Waals surface area contributed by atoms with Crippen molar-refractivity contribution >= 4 is 15.9 Å². The van der Waals surface area contributed by atoms with Gasteiger partial charge in [0.25, 0.3) is 0 Å². The van der Waals surface area contributed by atoms with Crippen LogP contribution in [0.5, 0.6) is 0 Å². The number of halogens is 4. The second kappa shape index (κ2) is 8.03. The molecule has 0 amide bonds. The highest BCUT2D eigenvalue weighted by atomic mass is 79.9. The molecule has 0 aliphatic rings. The maximum Gasteiger partial charge on any atom is 0.416 e. The Hall–Kier alpha value is -0.550. The maximum absolute atomic E-state index is 12.8. The Morgan fingerprint density at radius 2 is 1.90 bits per heavy atom. The summed E-state index contributed by atoms with van der Waals surface area (Å²) in [5.74, 6) is 0. The Morgan fingerprint density at radius 3 is 2.45 bits per heavy atom. The molecule has 1 N–H and O–H groups in total. The van der Waals surface area contributed by atoms with E-state index in [0.717, 1.165) is 42.8 Å². The van der Waals surface area contributed by atoms with E-state index >= 15 is 0 Å². The molecule has 20 heavy (non-hydrogen) atoms. The summed E-state index contributed by atoms with van der Waals surface area (Å²) in [5, 5.41) is 3.34. The van der Waals surface area contributed by atoms with Crippen molar-refractivity contribution in [3.05, 3.63) is 33.8 Å². The molecule has 0 aromatic heterocycles. The second-order valence-electron chi connectivity index (χ2n) is 4.88. The first-order chi connectivity index (χ1) is 9.40. The first-order valence-corrected chi connectivity index (χ1v) is 7.79. The molecule has 0 spiro atoms. The minimum absolute atomic E-state index is 0.0356. The average Bonchev–Trinajstić information content (AvgIpc) is 2.39. The lowest BCUT2D eigenvalue weighted by atomic mass is 9.99. The van der Waals surface area contributed by atoms with Gasteiger partial charge in [0, 0.05) is 10.5 Å². The normalized spacial score (nSPS) is 13.5. The Bertz CT molecular complexity index is 410. The van der Waals surface area contributed by atoms with Crippen LogP contribution < -0.4 is 5.32 Å². The third-order valence-electron chi connectivity index (χ3n) is 3.19. The van der Waals surface area contributed by atoms with E-state index in [4.69, 9.17) is 0 Å². The molecule has 1 atom stereocenters. The molecule has 1 nitrogen and oxygen atoms in total. The zero-order valence-corrected chi connectivity index (χ0v) is 13.4. The van der Waals surface area contributed by atoms with E-state index in [2.05, 4.69) is 28.2 Å². The molecule has 0 aliphatic heterocycles. The smallest absolute Gasteiger partial charge is 0.310 e. The summed E-state index contributed by atoms with van der Waals surface area (Å²) in [6, 6.07) is 3.83. The van der Waals surface area contributed by atoms with Gasteiger partial charge in [0.2, 0.25) is 0 Å². The summed E-state index contributed by atoms with van der Waals surface area (Å²) in [6.07, 6.45) is -0.476. The summed E-state index contributed by atoms with van der Waals surface area (Å²) in [7, 11) is 0. The van der Waals surface area contributed by atoms with E-state index in [1.165, 1.54) is 12.1 Å². The van der Waals surface area contributed by atoms with Crippen molar-refractivity contribution in [2.24, 2.45) is 0 Å². The van der Waals surface area contributed by atoms with Crippen molar-refractivity contribution < 1.29 is 13.2 Å². The lowest BCUT2D eigenvalue weighted by Crippen LogP contribution is -2.23. The zero-order valence-electron chi connectivity index (χ0n) is 11.9. The fourth-order valence-electron chi connectivity index (χ4n) is 2.08. The largest absolute Gasteiger partial charge is 0.416 e. The Balaban J connectivity index is 3.03. The van der Waals surface area contributed by atoms with E-state index < -0.39 is 11.7 Å². The van der Waals surface area contributed by atoms with Gasteiger partial charge in [-0.05, 0) is 43.1 Å². The third-order valence-corrected chi connectivity index (χ3v) is 3.91. The van der Waals surface area contributed by atoms with Crippen molar-refractivity contribution in [2.75, 3.05) is 6.54 Å². The molecule has 0 aliphatic carbocycles. The first kappa shape index (κ1) is 17.5. The molecule has 1 unspecified atom stereocenters. The third kappa shape index (κ3) is 5.09. The topological polar surface area (TPSA) is 12.0 Å². The number of benzene rings is 1. The van der Waals surface area contributed by atoms with Gasteiger partial charge in [-0.3, -0.25) is 0 Å². The van der Waals surface area contributed by atoms with E-state index in [1.54, 1.807) is 0 Å². The standard InChI is InChI=1S/C15H21BrF3N/c1-3-5-6-14(20-9-4-2)12-10-11(15(17,18)19)7-8-13(12)16/h7-8,10,14,20H,3-6,9H2,1-2H3. The van der Waals surface area contributed by atoms with Gasteiger partial charge in [0.1, 0.15) is 0 Å². The molecule has 1 rings (SSSR count). The summed E-state index contributed by atoms with van der Waals surface area (Å²) < 4.78 is 39.2. The Morgan fingerprint density at radius 1 is 1.20 bits per heavy atom. The number of nitrogens with one attached hydrogen (secondary N) is 1. The molecule has 0 fully saturated rings. The van der Waals surface area contributed by atoms with Gasteiger partial charge in [-0.25, -0.2) is 0 Å². The van der Waals surface area contributed by atoms with Gasteiger partial charge < -0.3 is 5.32 Å². The van der Waals surface area contributed by atoms with Gasteiger partial charge in [-0.2, -0.15) is 13.2 Å². The van der Waals surface area contributed by atoms with Gasteiger partial charge in [0.15, 0.2) is 0 Å². The maximum atomic E-state index is 12.8. The van der Waals surface area contributed by atoms with Crippen LogP contribution in [0.15, 0.2) is 22.7 Å². The summed E-state index contributed by atoms with van der Waals surface area (Å²) in [4.78, 5) is 0. The van der Waals surface area contributed by atoms with Gasteiger partial charge in [-0.1, -0.05) is 42.6 Å². The molecule has 0 radical (unpaired) electrons. The van der Waals surface area contributed by atoms with Crippen LogP contribution >= 0.6 is 15.9 Å². The van der Waals surface area contributed by atoms with Crippen LogP contribution in [0.4, 0.5) is 13.2 Å². The number of alkyl halides is 3. The lowest BCUT2D eigenvalue weighted by Gasteiger charge is -2.21. The lowest BCUT2D eigenvalue weighted by molar-refractivity contribution is -0.137. The van der Waals surface area contributed by atoms with E-state index in [0.29, 0.717) is 5.56 Å². The van der Waals surface area contributed by atoms with Gasteiger partial charge >= 0.3 is 6.18 Å². The van der Waals surface area contributed by atoms with Crippen LogP contribution in [0.1, 0.15) is 56.7 Å². The van der Waals surface area contributed by atoms with E-state index in [1.807, 2.05) is 6.92 Å². The van der Waals surface area contributed by atoms with E-state index in [9.17, 15) is 13.2 Å². The second-order valence-corrected chi connectivity index (χ2v) is 5.74.